The number of aliphatic hydroxyl groups is 1. The van der Waals surface area contributed by atoms with Gasteiger partial charge in [-0.15, -0.1) is 0 Å². The normalized spacial score (nSPS) is 17.9. The first-order valence-corrected chi connectivity index (χ1v) is 5.91. The van der Waals surface area contributed by atoms with Crippen LogP contribution in [0.1, 0.15) is 13.8 Å². The van der Waals surface area contributed by atoms with Crippen LogP contribution in [-0.2, 0) is 0 Å². The highest BCUT2D eigenvalue weighted by atomic mass is 16.3. The SMILES string of the molecule is CC(C)N1CCN(C(=O)N(C)CCO)CC1. The number of piperazine rings is 1. The molecule has 1 aliphatic rings. The summed E-state index contributed by atoms with van der Waals surface area (Å²) in [5.41, 5.74) is 0. The van der Waals surface area contributed by atoms with Crippen LogP contribution in [0.2, 0.25) is 0 Å². The van der Waals surface area contributed by atoms with Crippen molar-refractivity contribution in [3.05, 3.63) is 0 Å². The lowest BCUT2D eigenvalue weighted by atomic mass is 10.2. The first-order chi connectivity index (χ1) is 7.56. The molecule has 0 unspecified atom stereocenters. The molecule has 5 nitrogen and oxygen atoms in total. The summed E-state index contributed by atoms with van der Waals surface area (Å²) in [4.78, 5) is 17.7. The predicted molar refractivity (Wildman–Crippen MR) is 63.4 cm³/mol. The molecule has 1 heterocycles. The molecule has 0 aliphatic carbocycles. The average Bonchev–Trinajstić information content (AvgIpc) is 2.28. The van der Waals surface area contributed by atoms with Crippen LogP contribution in [0, 0.1) is 0 Å². The van der Waals surface area contributed by atoms with Crippen LogP contribution in [0.4, 0.5) is 4.79 Å². The van der Waals surface area contributed by atoms with E-state index in [0.29, 0.717) is 12.6 Å². The maximum Gasteiger partial charge on any atom is 0.319 e. The standard InChI is InChI=1S/C11H23N3O2/c1-10(2)13-4-6-14(7-5-13)11(16)12(3)8-9-15/h10,15H,4-9H2,1-3H3. The second-order valence-corrected chi connectivity index (χ2v) is 4.54. The summed E-state index contributed by atoms with van der Waals surface area (Å²) in [5.74, 6) is 0. The van der Waals surface area contributed by atoms with Gasteiger partial charge in [0.05, 0.1) is 6.61 Å². The summed E-state index contributed by atoms with van der Waals surface area (Å²) in [6, 6.07) is 0.574. The summed E-state index contributed by atoms with van der Waals surface area (Å²) in [5, 5.41) is 8.78. The molecule has 0 aromatic heterocycles. The van der Waals surface area contributed by atoms with Crippen molar-refractivity contribution in [2.24, 2.45) is 0 Å². The molecule has 1 fully saturated rings. The number of carbonyl (C=O) groups is 1. The number of hydrogen-bond acceptors (Lipinski definition) is 3. The van der Waals surface area contributed by atoms with Gasteiger partial charge < -0.3 is 14.9 Å². The van der Waals surface area contributed by atoms with Crippen molar-refractivity contribution in [1.29, 1.82) is 0 Å². The minimum atomic E-state index is 0.0220. The van der Waals surface area contributed by atoms with Crippen molar-refractivity contribution in [1.82, 2.24) is 14.7 Å². The van der Waals surface area contributed by atoms with E-state index in [0.717, 1.165) is 26.2 Å². The highest BCUT2D eigenvalue weighted by Gasteiger charge is 2.24. The summed E-state index contributed by atoms with van der Waals surface area (Å²) in [6.07, 6.45) is 0. The van der Waals surface area contributed by atoms with Gasteiger partial charge in [-0.1, -0.05) is 0 Å². The Morgan fingerprint density at radius 2 is 1.88 bits per heavy atom. The van der Waals surface area contributed by atoms with Crippen LogP contribution < -0.4 is 0 Å². The zero-order chi connectivity index (χ0) is 12.1. The molecule has 0 aromatic carbocycles. The van der Waals surface area contributed by atoms with Crippen LogP contribution in [0.25, 0.3) is 0 Å². The fourth-order valence-electron chi connectivity index (χ4n) is 1.92. The number of urea groups is 1. The maximum atomic E-state index is 11.9. The van der Waals surface area contributed by atoms with Gasteiger partial charge >= 0.3 is 6.03 Å². The Morgan fingerprint density at radius 1 is 1.31 bits per heavy atom. The summed E-state index contributed by atoms with van der Waals surface area (Å²) >= 11 is 0. The third kappa shape index (κ3) is 3.35. The lowest BCUT2D eigenvalue weighted by Gasteiger charge is -2.38. The molecule has 1 aliphatic heterocycles. The van der Waals surface area contributed by atoms with Crippen LogP contribution in [0.5, 0.6) is 0 Å². The molecule has 0 radical (unpaired) electrons. The lowest BCUT2D eigenvalue weighted by molar-refractivity contribution is 0.0997. The minimum Gasteiger partial charge on any atom is -0.395 e. The van der Waals surface area contributed by atoms with E-state index < -0.39 is 0 Å². The molecule has 0 bridgehead atoms. The number of rotatable bonds is 3. The van der Waals surface area contributed by atoms with Gasteiger partial charge in [0.1, 0.15) is 0 Å². The van der Waals surface area contributed by atoms with E-state index in [1.807, 2.05) is 4.90 Å². The number of aliphatic hydroxyl groups excluding tert-OH is 1. The highest BCUT2D eigenvalue weighted by molar-refractivity contribution is 5.74. The van der Waals surface area contributed by atoms with Crippen LogP contribution in [0.3, 0.4) is 0 Å². The molecule has 94 valence electrons. The molecule has 1 saturated heterocycles. The van der Waals surface area contributed by atoms with E-state index in [2.05, 4.69) is 18.7 Å². The van der Waals surface area contributed by atoms with Gasteiger partial charge in [-0.25, -0.2) is 4.79 Å². The molecular formula is C11H23N3O2. The van der Waals surface area contributed by atoms with Crippen molar-refractivity contribution in [3.63, 3.8) is 0 Å². The zero-order valence-corrected chi connectivity index (χ0v) is 10.5. The Kier molecular flexibility index (Phi) is 5.02. The van der Waals surface area contributed by atoms with Crippen LogP contribution in [-0.4, -0.2) is 78.3 Å². The molecule has 0 aromatic rings. The molecule has 0 atom stereocenters. The maximum absolute atomic E-state index is 11.9. The third-order valence-electron chi connectivity index (χ3n) is 3.08. The zero-order valence-electron chi connectivity index (χ0n) is 10.5. The monoisotopic (exact) mass is 229 g/mol. The van der Waals surface area contributed by atoms with Crippen molar-refractivity contribution in [2.75, 3.05) is 46.4 Å². The van der Waals surface area contributed by atoms with E-state index in [-0.39, 0.29) is 12.6 Å². The summed E-state index contributed by atoms with van der Waals surface area (Å²) in [6.45, 7) is 8.23. The molecule has 1 rings (SSSR count). The molecular weight excluding hydrogens is 206 g/mol. The topological polar surface area (TPSA) is 47.0 Å². The number of nitrogens with zero attached hydrogens (tertiary/aromatic N) is 3. The second kappa shape index (κ2) is 6.06. The molecule has 5 heteroatoms. The average molecular weight is 229 g/mol. The minimum absolute atomic E-state index is 0.0220. The number of likely N-dealkylation sites (N-methyl/N-ethyl adjacent to an activating group) is 1. The van der Waals surface area contributed by atoms with E-state index in [1.165, 1.54) is 0 Å². The van der Waals surface area contributed by atoms with E-state index in [4.69, 9.17) is 5.11 Å². The van der Waals surface area contributed by atoms with Gasteiger partial charge in [0.25, 0.3) is 0 Å². The van der Waals surface area contributed by atoms with E-state index in [1.54, 1.807) is 11.9 Å². The third-order valence-corrected chi connectivity index (χ3v) is 3.08. The van der Waals surface area contributed by atoms with E-state index >= 15 is 0 Å². The number of carbonyl (C=O) groups excluding carboxylic acids is 1. The largest absolute Gasteiger partial charge is 0.395 e. The van der Waals surface area contributed by atoms with Gasteiger partial charge in [-0.2, -0.15) is 0 Å². The van der Waals surface area contributed by atoms with Crippen molar-refractivity contribution in [2.45, 2.75) is 19.9 Å². The smallest absolute Gasteiger partial charge is 0.319 e. The van der Waals surface area contributed by atoms with Crippen LogP contribution >= 0.6 is 0 Å². The molecule has 1 N–H and O–H groups in total. The van der Waals surface area contributed by atoms with Gasteiger partial charge in [-0.3, -0.25) is 4.90 Å². The number of hydrogen-bond donors (Lipinski definition) is 1. The first-order valence-electron chi connectivity index (χ1n) is 5.91. The molecule has 0 spiro atoms. The van der Waals surface area contributed by atoms with Crippen LogP contribution in [0.15, 0.2) is 0 Å². The Bertz CT molecular complexity index is 225. The number of amides is 2. The molecule has 16 heavy (non-hydrogen) atoms. The van der Waals surface area contributed by atoms with Gasteiger partial charge in [0.15, 0.2) is 0 Å². The second-order valence-electron chi connectivity index (χ2n) is 4.54. The Hall–Kier alpha value is -0.810. The fourth-order valence-corrected chi connectivity index (χ4v) is 1.92. The van der Waals surface area contributed by atoms with Gasteiger partial charge in [0, 0.05) is 45.8 Å². The summed E-state index contributed by atoms with van der Waals surface area (Å²) in [7, 11) is 1.73. The molecule has 2 amide bonds. The Balaban J connectivity index is 2.38. The predicted octanol–water partition coefficient (Wildman–Crippen LogP) is 0.0565. The van der Waals surface area contributed by atoms with Gasteiger partial charge in [-0.05, 0) is 13.8 Å². The Morgan fingerprint density at radius 3 is 2.31 bits per heavy atom. The van der Waals surface area contributed by atoms with Crippen molar-refractivity contribution >= 4 is 6.03 Å². The quantitative estimate of drug-likeness (QED) is 0.744. The highest BCUT2D eigenvalue weighted by Crippen LogP contribution is 2.07. The van der Waals surface area contributed by atoms with E-state index in [9.17, 15) is 4.79 Å². The Labute approximate surface area is 97.6 Å². The lowest BCUT2D eigenvalue weighted by Crippen LogP contribution is -2.53. The van der Waals surface area contributed by atoms with Crippen molar-refractivity contribution in [3.8, 4) is 0 Å². The fraction of sp³-hybridized carbons (Fsp3) is 0.909. The van der Waals surface area contributed by atoms with Gasteiger partial charge in [0.2, 0.25) is 0 Å². The molecule has 0 saturated carbocycles. The first kappa shape index (κ1) is 13.3. The van der Waals surface area contributed by atoms with Crippen molar-refractivity contribution < 1.29 is 9.90 Å². The summed E-state index contributed by atoms with van der Waals surface area (Å²) < 4.78 is 0.